The molecule has 5 nitrogen and oxygen atoms in total. The average molecular weight is 370 g/mol. The van der Waals surface area contributed by atoms with Crippen molar-refractivity contribution in [1.29, 1.82) is 0 Å². The van der Waals surface area contributed by atoms with Gasteiger partial charge >= 0.3 is 0 Å². The van der Waals surface area contributed by atoms with Crippen LogP contribution in [0.5, 0.6) is 0 Å². The Morgan fingerprint density at radius 1 is 1.23 bits per heavy atom. The van der Waals surface area contributed by atoms with Crippen LogP contribution < -0.4 is 10.9 Å². The van der Waals surface area contributed by atoms with Crippen molar-refractivity contribution in [1.82, 2.24) is 10.3 Å². The number of aromatic amines is 1. The van der Waals surface area contributed by atoms with Gasteiger partial charge in [-0.25, -0.2) is 4.39 Å². The Morgan fingerprint density at radius 2 is 2.12 bits per heavy atom. The van der Waals surface area contributed by atoms with E-state index >= 15 is 0 Å². The van der Waals surface area contributed by atoms with Gasteiger partial charge in [0, 0.05) is 10.6 Å². The van der Waals surface area contributed by atoms with Crippen molar-refractivity contribution in [2.75, 3.05) is 5.75 Å². The molecule has 0 fully saturated rings. The third-order valence-corrected chi connectivity index (χ3v) is 5.43. The molecule has 0 saturated heterocycles. The highest BCUT2D eigenvalue weighted by Gasteiger charge is 2.25. The monoisotopic (exact) mass is 370 g/mol. The number of hydrogen-bond acceptors (Lipinski definition) is 4. The topological polar surface area (TPSA) is 75.1 Å². The van der Waals surface area contributed by atoms with Crippen LogP contribution in [0.4, 0.5) is 4.39 Å². The molecule has 2 aromatic heterocycles. The molecule has 1 aliphatic rings. The summed E-state index contributed by atoms with van der Waals surface area (Å²) in [6.07, 6.45) is 2.18. The molecule has 4 rings (SSSR count). The fourth-order valence-electron chi connectivity index (χ4n) is 3.00. The second kappa shape index (κ2) is 6.84. The van der Waals surface area contributed by atoms with Crippen LogP contribution in [0.1, 0.15) is 28.4 Å². The zero-order valence-corrected chi connectivity index (χ0v) is 14.4. The van der Waals surface area contributed by atoms with Gasteiger partial charge in [-0.3, -0.25) is 9.59 Å². The molecular formula is C19H15FN2O3S. The summed E-state index contributed by atoms with van der Waals surface area (Å²) in [6.45, 7) is 0. The van der Waals surface area contributed by atoms with Crippen molar-refractivity contribution in [3.05, 3.63) is 76.0 Å². The second-order valence-corrected chi connectivity index (χ2v) is 7.02. The van der Waals surface area contributed by atoms with E-state index in [1.54, 1.807) is 30.3 Å². The summed E-state index contributed by atoms with van der Waals surface area (Å²) < 4.78 is 19.2. The molecule has 1 unspecified atom stereocenters. The van der Waals surface area contributed by atoms with Gasteiger partial charge in [0.05, 0.1) is 18.0 Å². The van der Waals surface area contributed by atoms with Gasteiger partial charge in [0.25, 0.3) is 11.5 Å². The zero-order chi connectivity index (χ0) is 18.1. The lowest BCUT2D eigenvalue weighted by atomic mass is 10.0. The number of H-pyrrole nitrogens is 1. The van der Waals surface area contributed by atoms with Crippen LogP contribution in [0.2, 0.25) is 0 Å². The summed E-state index contributed by atoms with van der Waals surface area (Å²) in [7, 11) is 0. The van der Waals surface area contributed by atoms with Gasteiger partial charge in [0.2, 0.25) is 0 Å². The van der Waals surface area contributed by atoms with Crippen LogP contribution in [0.3, 0.4) is 0 Å². The number of fused-ring (bicyclic) bond motifs is 1. The Balaban J connectivity index is 1.58. The highest BCUT2D eigenvalue weighted by Crippen LogP contribution is 2.37. The number of furan rings is 1. The van der Waals surface area contributed by atoms with E-state index in [1.807, 2.05) is 0 Å². The fourth-order valence-corrected chi connectivity index (χ4v) is 4.14. The molecule has 0 saturated carbocycles. The maximum Gasteiger partial charge on any atom is 0.261 e. The number of carbonyl (C=O) groups is 1. The Bertz CT molecular complexity index is 1010. The van der Waals surface area contributed by atoms with Crippen LogP contribution in [0, 0.1) is 5.82 Å². The van der Waals surface area contributed by atoms with E-state index in [9.17, 15) is 14.0 Å². The van der Waals surface area contributed by atoms with Gasteiger partial charge in [0.1, 0.15) is 17.1 Å². The van der Waals surface area contributed by atoms with Crippen LogP contribution in [-0.2, 0) is 0 Å². The number of hydrogen-bond donors (Lipinski definition) is 2. The first-order valence-electron chi connectivity index (χ1n) is 8.13. The molecule has 0 bridgehead atoms. The lowest BCUT2D eigenvalue weighted by Gasteiger charge is -2.26. The van der Waals surface area contributed by atoms with Crippen LogP contribution in [-0.4, -0.2) is 16.6 Å². The lowest BCUT2D eigenvalue weighted by molar-refractivity contribution is 0.0933. The van der Waals surface area contributed by atoms with Crippen molar-refractivity contribution < 1.29 is 13.6 Å². The van der Waals surface area contributed by atoms with Gasteiger partial charge < -0.3 is 14.7 Å². The zero-order valence-electron chi connectivity index (χ0n) is 13.6. The predicted molar refractivity (Wildman–Crippen MR) is 96.7 cm³/mol. The molecule has 1 aromatic carbocycles. The van der Waals surface area contributed by atoms with E-state index in [4.69, 9.17) is 4.42 Å². The molecule has 132 valence electrons. The van der Waals surface area contributed by atoms with Gasteiger partial charge in [-0.15, -0.1) is 11.8 Å². The molecule has 0 radical (unpaired) electrons. The van der Waals surface area contributed by atoms with E-state index in [2.05, 4.69) is 10.3 Å². The molecule has 0 spiro atoms. The minimum atomic E-state index is -0.499. The summed E-state index contributed by atoms with van der Waals surface area (Å²) in [5.41, 5.74) is 0.758. The quantitative estimate of drug-likeness (QED) is 0.736. The smallest absolute Gasteiger partial charge is 0.261 e. The molecule has 7 heteroatoms. The third-order valence-electron chi connectivity index (χ3n) is 4.27. The van der Waals surface area contributed by atoms with E-state index in [0.717, 1.165) is 5.56 Å². The maximum absolute atomic E-state index is 14.0. The summed E-state index contributed by atoms with van der Waals surface area (Å²) in [4.78, 5) is 28.1. The number of halogens is 1. The molecule has 3 aromatic rings. The highest BCUT2D eigenvalue weighted by molar-refractivity contribution is 7.99. The van der Waals surface area contributed by atoms with Crippen molar-refractivity contribution in [3.63, 3.8) is 0 Å². The van der Waals surface area contributed by atoms with E-state index < -0.39 is 11.5 Å². The Kier molecular flexibility index (Phi) is 4.38. The standard InChI is InChI=1S/C19H15FN2O3S/c20-13-4-1-3-11-14(8-10-26-17(11)13)21-18(23)12-6-7-15(22-19(12)24)16-5-2-9-25-16/h1-7,9,14H,8,10H2,(H,21,23)(H,22,24). The van der Waals surface area contributed by atoms with E-state index in [1.165, 1.54) is 30.2 Å². The molecule has 1 atom stereocenters. The van der Waals surface area contributed by atoms with Crippen LogP contribution >= 0.6 is 11.8 Å². The van der Waals surface area contributed by atoms with Crippen molar-refractivity contribution in [3.8, 4) is 11.5 Å². The van der Waals surface area contributed by atoms with Crippen molar-refractivity contribution in [2.45, 2.75) is 17.4 Å². The first-order chi connectivity index (χ1) is 12.6. The Labute approximate surface area is 152 Å². The number of aromatic nitrogens is 1. The summed E-state index contributed by atoms with van der Waals surface area (Å²) in [5.74, 6) is 0.450. The van der Waals surface area contributed by atoms with Crippen LogP contribution in [0.25, 0.3) is 11.5 Å². The van der Waals surface area contributed by atoms with E-state index in [-0.39, 0.29) is 17.4 Å². The number of thioether (sulfide) groups is 1. The number of amides is 1. The second-order valence-electron chi connectivity index (χ2n) is 5.91. The maximum atomic E-state index is 14.0. The lowest BCUT2D eigenvalue weighted by Crippen LogP contribution is -2.34. The highest BCUT2D eigenvalue weighted by atomic mass is 32.2. The van der Waals surface area contributed by atoms with Gasteiger partial charge in [0.15, 0.2) is 0 Å². The number of benzene rings is 1. The molecule has 0 aliphatic carbocycles. The molecule has 3 heterocycles. The normalized spacial score (nSPS) is 16.1. The van der Waals surface area contributed by atoms with Crippen molar-refractivity contribution >= 4 is 17.7 Å². The number of pyridine rings is 1. The molecule has 26 heavy (non-hydrogen) atoms. The van der Waals surface area contributed by atoms with Gasteiger partial charge in [-0.05, 0) is 42.3 Å². The first-order valence-corrected chi connectivity index (χ1v) is 9.11. The van der Waals surface area contributed by atoms with Crippen LogP contribution in [0.15, 0.2) is 62.8 Å². The minimum Gasteiger partial charge on any atom is -0.463 e. The summed E-state index contributed by atoms with van der Waals surface area (Å²) in [5, 5.41) is 2.85. The third kappa shape index (κ3) is 3.06. The Hall–Kier alpha value is -2.80. The predicted octanol–water partition coefficient (Wildman–Crippen LogP) is 3.74. The first kappa shape index (κ1) is 16.7. The van der Waals surface area contributed by atoms with E-state index in [0.29, 0.717) is 28.5 Å². The Morgan fingerprint density at radius 3 is 2.88 bits per heavy atom. The number of nitrogens with one attached hydrogen (secondary N) is 2. The fraction of sp³-hybridized carbons (Fsp3) is 0.158. The molecule has 2 N–H and O–H groups in total. The van der Waals surface area contributed by atoms with Gasteiger partial charge in [-0.2, -0.15) is 0 Å². The summed E-state index contributed by atoms with van der Waals surface area (Å²) >= 11 is 1.44. The van der Waals surface area contributed by atoms with Gasteiger partial charge in [-0.1, -0.05) is 12.1 Å². The SMILES string of the molecule is O=C(NC1CCSc2c(F)cccc21)c1ccc(-c2ccco2)[nH]c1=O. The minimum absolute atomic E-state index is 0.0106. The largest absolute Gasteiger partial charge is 0.463 e. The molecule has 1 amide bonds. The molecular weight excluding hydrogens is 355 g/mol. The van der Waals surface area contributed by atoms with Crippen molar-refractivity contribution in [2.24, 2.45) is 0 Å². The average Bonchev–Trinajstić information content (AvgIpc) is 3.17. The number of rotatable bonds is 3. The number of carbonyl (C=O) groups excluding carboxylic acids is 1. The molecule has 1 aliphatic heterocycles. The summed E-state index contributed by atoms with van der Waals surface area (Å²) in [6, 6.07) is 11.1.